The number of likely N-dealkylation sites (N-methyl/N-ethyl adjacent to an activating group) is 4. The number of para-hydroxylation sites is 4. The molecule has 4 atom stereocenters. The molecule has 0 saturated heterocycles. The zero-order valence-corrected chi connectivity index (χ0v) is 79.1. The number of hydrogen-bond acceptors (Lipinski definition) is 12. The Morgan fingerprint density at radius 1 is 0.278 bits per heavy atom. The van der Waals surface area contributed by atoms with Gasteiger partial charge in [-0.2, -0.15) is 0 Å². The van der Waals surface area contributed by atoms with Gasteiger partial charge < -0.3 is 67.0 Å². The number of hydrogen-bond donors (Lipinski definition) is 8. The van der Waals surface area contributed by atoms with Gasteiger partial charge in [0.05, 0.1) is 0 Å². The van der Waals surface area contributed by atoms with Gasteiger partial charge in [-0.3, -0.25) is 19.6 Å². The summed E-state index contributed by atoms with van der Waals surface area (Å²) in [6.07, 6.45) is 4.00. The van der Waals surface area contributed by atoms with Crippen LogP contribution in [-0.4, -0.2) is 179 Å². The number of thiocarbonyl (C=S) groups is 4. The van der Waals surface area contributed by atoms with Gasteiger partial charge in [0.1, 0.15) is 49.4 Å². The molecule has 8 aromatic carbocycles. The molecule has 0 aromatic heterocycles. The third kappa shape index (κ3) is 41.5. The molecule has 0 fully saturated rings. The van der Waals surface area contributed by atoms with E-state index in [1.807, 2.05) is 28.2 Å². The standard InChI is InChI=1S/4C22H31N3OS.6ClH.H2O/c4*1-16-7-6-8-17(2)21(16)26-15-18(3)25(5)14-13-19-9-11-20(12-10-19)24-22(27)23-4;;;;;;;/h4*6-12,18H,13-15H2,1-5H3,(H2,23,24,27);6*1H;1H2. The van der Waals surface area contributed by atoms with E-state index in [0.29, 0.717) is 71.0 Å². The molecule has 4 unspecified atom stereocenters. The van der Waals surface area contributed by atoms with E-state index in [4.69, 9.17) is 67.8 Å². The molecule has 115 heavy (non-hydrogen) atoms. The van der Waals surface area contributed by atoms with E-state index in [9.17, 15) is 0 Å². The molecule has 0 heterocycles. The fraction of sp³-hybridized carbons (Fsp3) is 0.409. The summed E-state index contributed by atoms with van der Waals surface area (Å²) in [7, 11) is 15.9. The van der Waals surface area contributed by atoms with Gasteiger partial charge in [0.2, 0.25) is 0 Å². The van der Waals surface area contributed by atoms with E-state index < -0.39 is 0 Å². The number of nitrogens with zero attached hydrogens (tertiary/aromatic N) is 4. The second-order valence-electron chi connectivity index (χ2n) is 28.1. The van der Waals surface area contributed by atoms with Gasteiger partial charge in [0.25, 0.3) is 0 Å². The molecule has 640 valence electrons. The summed E-state index contributed by atoms with van der Waals surface area (Å²) in [6, 6.07) is 60.1. The lowest BCUT2D eigenvalue weighted by Gasteiger charge is -2.25. The number of aryl methyl sites for hydroxylation is 8. The van der Waals surface area contributed by atoms with Gasteiger partial charge in [-0.1, -0.05) is 121 Å². The number of anilines is 4. The van der Waals surface area contributed by atoms with E-state index in [1.165, 1.54) is 66.8 Å². The second kappa shape index (κ2) is 60.7. The second-order valence-corrected chi connectivity index (χ2v) is 29.7. The van der Waals surface area contributed by atoms with Gasteiger partial charge in [-0.25, -0.2) is 0 Å². The van der Waals surface area contributed by atoms with Crippen molar-refractivity contribution in [3.63, 3.8) is 0 Å². The number of benzene rings is 8. The van der Waals surface area contributed by atoms with Crippen molar-refractivity contribution in [2.75, 3.05) is 130 Å². The van der Waals surface area contributed by atoms with Crippen LogP contribution in [0, 0.1) is 55.4 Å². The van der Waals surface area contributed by atoms with E-state index in [0.717, 1.165) is 97.6 Å². The van der Waals surface area contributed by atoms with Crippen LogP contribution >= 0.6 is 123 Å². The highest BCUT2D eigenvalue weighted by Gasteiger charge is 2.17. The Kier molecular flexibility index (Phi) is 59.3. The van der Waals surface area contributed by atoms with Crippen molar-refractivity contribution in [2.45, 2.75) is 133 Å². The maximum Gasteiger partial charge on any atom is 0.170 e. The number of nitrogens with one attached hydrogen (secondary N) is 8. The molecule has 0 aliphatic rings. The minimum absolute atomic E-state index is 0. The van der Waals surface area contributed by atoms with E-state index in [2.05, 4.69) is 343 Å². The van der Waals surface area contributed by atoms with Crippen LogP contribution in [0.2, 0.25) is 0 Å². The molecule has 0 radical (unpaired) electrons. The van der Waals surface area contributed by atoms with Crippen LogP contribution in [0.3, 0.4) is 0 Å². The fourth-order valence-corrected chi connectivity index (χ4v) is 11.8. The fourth-order valence-electron chi connectivity index (χ4n) is 11.3. The molecule has 0 bridgehead atoms. The lowest BCUT2D eigenvalue weighted by atomic mass is 10.1. The highest BCUT2D eigenvalue weighted by Crippen LogP contribution is 2.27. The first-order valence-electron chi connectivity index (χ1n) is 37.5. The van der Waals surface area contributed by atoms with Crippen molar-refractivity contribution in [1.82, 2.24) is 40.9 Å². The van der Waals surface area contributed by atoms with Crippen molar-refractivity contribution < 1.29 is 24.4 Å². The zero-order valence-electron chi connectivity index (χ0n) is 71.0. The van der Waals surface area contributed by atoms with Gasteiger partial charge >= 0.3 is 0 Å². The summed E-state index contributed by atoms with van der Waals surface area (Å²) in [5.74, 6) is 4.06. The largest absolute Gasteiger partial charge is 0.491 e. The molecule has 0 saturated carbocycles. The van der Waals surface area contributed by atoms with E-state index >= 15 is 0 Å². The Labute approximate surface area is 748 Å². The van der Waals surface area contributed by atoms with Crippen molar-refractivity contribution >= 4 is 167 Å². The third-order valence-corrected chi connectivity index (χ3v) is 20.5. The maximum absolute atomic E-state index is 6.10. The normalized spacial score (nSPS) is 11.2. The van der Waals surface area contributed by atoms with Crippen LogP contribution in [0.5, 0.6) is 23.0 Å². The van der Waals surface area contributed by atoms with Crippen molar-refractivity contribution in [3.8, 4) is 23.0 Å². The summed E-state index contributed by atoms with van der Waals surface area (Å²) in [6.45, 7) is 32.3. The van der Waals surface area contributed by atoms with Gasteiger partial charge in [-0.05, 0) is 301 Å². The lowest BCUT2D eigenvalue weighted by molar-refractivity contribution is 0.173. The summed E-state index contributed by atoms with van der Waals surface area (Å²) in [5.41, 5.74) is 18.8. The topological polar surface area (TPSA) is 178 Å². The third-order valence-electron chi connectivity index (χ3n) is 19.3. The van der Waals surface area contributed by atoms with E-state index in [1.54, 1.807) is 0 Å². The summed E-state index contributed by atoms with van der Waals surface area (Å²) in [4.78, 5) is 9.37. The SMILES string of the molecule is CNC(=S)Nc1ccc(CCN(C)C(C)COc2c(C)cccc2C)cc1.CNC(=S)Nc1ccc(CCN(C)C(C)COc2c(C)cccc2C)cc1.CNC(=S)Nc1ccc(CCN(C)C(C)COc2c(C)cccc2C)cc1.CNC(=S)Nc1ccc(CCN(C)C(C)COc2c(C)cccc2C)cc1.Cl.Cl.Cl.Cl.Cl.Cl.O. The molecule has 0 spiro atoms. The van der Waals surface area contributed by atoms with Crippen LogP contribution in [0.4, 0.5) is 22.7 Å². The number of ether oxygens (including phenoxy) is 4. The number of rotatable bonds is 32. The van der Waals surface area contributed by atoms with Crippen molar-refractivity contribution in [1.29, 1.82) is 0 Å². The Balaban J connectivity index is -0.00000143. The Bertz CT molecular complexity index is 3460. The molecule has 8 aromatic rings. The summed E-state index contributed by atoms with van der Waals surface area (Å²) >= 11 is 20.5. The quantitative estimate of drug-likeness (QED) is 0.0187. The number of halogens is 6. The molecule has 0 aliphatic heterocycles. The van der Waals surface area contributed by atoms with Crippen molar-refractivity contribution in [2.24, 2.45) is 0 Å². The molecule has 8 rings (SSSR count). The minimum atomic E-state index is 0. The summed E-state index contributed by atoms with van der Waals surface area (Å²) in [5, 5.41) is 26.7. The van der Waals surface area contributed by atoms with Crippen LogP contribution in [0.1, 0.15) is 94.5 Å². The predicted molar refractivity (Wildman–Crippen MR) is 523 cm³/mol. The molecule has 27 heteroatoms. The molecule has 10 N–H and O–H groups in total. The highest BCUT2D eigenvalue weighted by atomic mass is 35.5. The molecular weight excluding hydrogens is 1650 g/mol. The Morgan fingerprint density at radius 2 is 0.426 bits per heavy atom. The van der Waals surface area contributed by atoms with Crippen LogP contribution in [0.15, 0.2) is 170 Å². The molecule has 0 aliphatic carbocycles. The molecular formula is C88H132Cl6N12O5S4. The first kappa shape index (κ1) is 112. The maximum atomic E-state index is 6.10. The van der Waals surface area contributed by atoms with Gasteiger partial charge in [-0.15, -0.1) is 74.4 Å². The van der Waals surface area contributed by atoms with E-state index in [-0.39, 0.29) is 79.9 Å². The monoisotopic (exact) mass is 1770 g/mol. The smallest absolute Gasteiger partial charge is 0.170 e. The predicted octanol–water partition coefficient (Wildman–Crippen LogP) is 18.4. The van der Waals surface area contributed by atoms with Gasteiger partial charge in [0, 0.05) is 101 Å². The molecule has 0 amide bonds. The highest BCUT2D eigenvalue weighted by molar-refractivity contribution is 7.81. The average Bonchev–Trinajstić information content (AvgIpc) is 0.867. The van der Waals surface area contributed by atoms with Crippen LogP contribution in [0.25, 0.3) is 0 Å². The van der Waals surface area contributed by atoms with Gasteiger partial charge in [0.15, 0.2) is 20.4 Å². The lowest BCUT2D eigenvalue weighted by Crippen LogP contribution is -2.35. The average molecular weight is 1780 g/mol. The molecule has 17 nitrogen and oxygen atoms in total. The summed E-state index contributed by atoms with van der Waals surface area (Å²) < 4.78 is 24.4. The van der Waals surface area contributed by atoms with Crippen LogP contribution in [-0.2, 0) is 25.7 Å². The zero-order chi connectivity index (χ0) is 79.2. The minimum Gasteiger partial charge on any atom is -0.491 e. The first-order valence-corrected chi connectivity index (χ1v) is 39.1. The Morgan fingerprint density at radius 3 is 0.565 bits per heavy atom. The first-order chi connectivity index (χ1) is 51.6. The van der Waals surface area contributed by atoms with Crippen molar-refractivity contribution in [3.05, 3.63) is 237 Å². The van der Waals surface area contributed by atoms with Crippen LogP contribution < -0.4 is 61.5 Å². The Hall–Kier alpha value is -6.74.